The summed E-state index contributed by atoms with van der Waals surface area (Å²) in [6.07, 6.45) is 2.52. The number of hydrogen-bond donors (Lipinski definition) is 1. The first-order valence-corrected chi connectivity index (χ1v) is 6.15. The van der Waals surface area contributed by atoms with Crippen molar-refractivity contribution in [2.75, 3.05) is 19.6 Å². The van der Waals surface area contributed by atoms with Gasteiger partial charge in [-0.1, -0.05) is 0 Å². The molecule has 1 N–H and O–H groups in total. The minimum Gasteiger partial charge on any atom is -0.303 e. The number of nitrogens with zero attached hydrogens (tertiary/aromatic N) is 3. The average Bonchev–Trinajstić information content (AvgIpc) is 2.59. The van der Waals surface area contributed by atoms with Gasteiger partial charge in [-0.25, -0.2) is 9.48 Å². The summed E-state index contributed by atoms with van der Waals surface area (Å²) in [6, 6.07) is 0. The standard InChI is InChI=1S/C10H15ClN4O/c11-9-12-10(16)15(13-9)6-8-5-14-3-1-7(8)2-4-14/h7-8H,1-6H2,(H,12,13,16). The van der Waals surface area contributed by atoms with Crippen molar-refractivity contribution in [1.29, 1.82) is 0 Å². The van der Waals surface area contributed by atoms with Crippen LogP contribution < -0.4 is 5.69 Å². The zero-order chi connectivity index (χ0) is 11.1. The lowest BCUT2D eigenvalue weighted by Crippen LogP contribution is -2.49. The van der Waals surface area contributed by atoms with Crippen LogP contribution in [0.4, 0.5) is 0 Å². The van der Waals surface area contributed by atoms with Crippen LogP contribution >= 0.6 is 11.6 Å². The molecule has 4 heterocycles. The molecular weight excluding hydrogens is 228 g/mol. The summed E-state index contributed by atoms with van der Waals surface area (Å²) in [5.41, 5.74) is -0.193. The SMILES string of the molecule is O=c1[nH]c(Cl)nn1CC1CN2CCC1CC2. The van der Waals surface area contributed by atoms with Crippen molar-refractivity contribution in [3.63, 3.8) is 0 Å². The molecule has 3 saturated heterocycles. The van der Waals surface area contributed by atoms with E-state index in [2.05, 4.69) is 15.0 Å². The molecule has 2 bridgehead atoms. The average molecular weight is 243 g/mol. The van der Waals surface area contributed by atoms with Gasteiger partial charge in [-0.2, -0.15) is 0 Å². The Kier molecular flexibility index (Phi) is 2.52. The Bertz CT molecular complexity index is 432. The largest absolute Gasteiger partial charge is 0.344 e. The smallest absolute Gasteiger partial charge is 0.303 e. The molecule has 6 heteroatoms. The van der Waals surface area contributed by atoms with E-state index in [0.717, 1.165) is 12.5 Å². The molecule has 3 fully saturated rings. The molecule has 1 aromatic rings. The van der Waals surface area contributed by atoms with Crippen LogP contribution in [-0.2, 0) is 6.54 Å². The van der Waals surface area contributed by atoms with Gasteiger partial charge in [0.15, 0.2) is 0 Å². The third kappa shape index (κ3) is 1.78. The van der Waals surface area contributed by atoms with E-state index in [1.54, 1.807) is 0 Å². The van der Waals surface area contributed by atoms with E-state index in [-0.39, 0.29) is 11.0 Å². The highest BCUT2D eigenvalue weighted by Gasteiger charge is 2.34. The summed E-state index contributed by atoms with van der Waals surface area (Å²) in [7, 11) is 0. The molecular formula is C10H15ClN4O. The summed E-state index contributed by atoms with van der Waals surface area (Å²) >= 11 is 5.66. The predicted molar refractivity (Wildman–Crippen MR) is 60.5 cm³/mol. The lowest BCUT2D eigenvalue weighted by molar-refractivity contribution is 0.0399. The first-order valence-electron chi connectivity index (χ1n) is 5.77. The van der Waals surface area contributed by atoms with Gasteiger partial charge in [0.2, 0.25) is 5.28 Å². The third-order valence-corrected chi connectivity index (χ3v) is 4.02. The second kappa shape index (κ2) is 3.89. The predicted octanol–water partition coefficient (Wildman–Crippen LogP) is 0.567. The zero-order valence-corrected chi connectivity index (χ0v) is 9.78. The van der Waals surface area contributed by atoms with Crippen LogP contribution in [0, 0.1) is 11.8 Å². The Hall–Kier alpha value is -0.810. The van der Waals surface area contributed by atoms with Crippen molar-refractivity contribution in [1.82, 2.24) is 19.7 Å². The van der Waals surface area contributed by atoms with Crippen LogP contribution in [0.1, 0.15) is 12.8 Å². The van der Waals surface area contributed by atoms with Crippen molar-refractivity contribution in [2.24, 2.45) is 11.8 Å². The van der Waals surface area contributed by atoms with Gasteiger partial charge in [-0.05, 0) is 49.4 Å². The summed E-state index contributed by atoms with van der Waals surface area (Å²) in [6.45, 7) is 4.24. The number of aromatic amines is 1. The molecule has 0 saturated carbocycles. The van der Waals surface area contributed by atoms with Crippen LogP contribution in [-0.4, -0.2) is 39.3 Å². The topological polar surface area (TPSA) is 53.9 Å². The first-order chi connectivity index (χ1) is 7.72. The van der Waals surface area contributed by atoms with Crippen LogP contribution in [0.3, 0.4) is 0 Å². The Morgan fingerprint density at radius 2 is 2.19 bits per heavy atom. The number of halogens is 1. The van der Waals surface area contributed by atoms with Gasteiger partial charge in [-0.15, -0.1) is 5.10 Å². The molecule has 1 unspecified atom stereocenters. The lowest BCUT2D eigenvalue weighted by atomic mass is 9.79. The Morgan fingerprint density at radius 3 is 2.69 bits per heavy atom. The highest BCUT2D eigenvalue weighted by atomic mass is 35.5. The molecule has 0 radical (unpaired) electrons. The van der Waals surface area contributed by atoms with Gasteiger partial charge in [0, 0.05) is 6.54 Å². The molecule has 0 aliphatic carbocycles. The highest BCUT2D eigenvalue weighted by Crippen LogP contribution is 2.32. The monoisotopic (exact) mass is 242 g/mol. The van der Waals surface area contributed by atoms with Crippen molar-refractivity contribution in [3.8, 4) is 0 Å². The van der Waals surface area contributed by atoms with Crippen LogP contribution in [0.15, 0.2) is 4.79 Å². The number of H-pyrrole nitrogens is 1. The molecule has 0 aromatic carbocycles. The summed E-state index contributed by atoms with van der Waals surface area (Å²) in [4.78, 5) is 16.4. The summed E-state index contributed by atoms with van der Waals surface area (Å²) in [5.74, 6) is 1.31. The van der Waals surface area contributed by atoms with E-state index in [0.29, 0.717) is 12.5 Å². The van der Waals surface area contributed by atoms with E-state index in [1.807, 2.05) is 0 Å². The molecule has 3 aliphatic rings. The molecule has 1 atom stereocenters. The first kappa shape index (κ1) is 10.4. The van der Waals surface area contributed by atoms with E-state index < -0.39 is 0 Å². The molecule has 4 rings (SSSR count). The maximum absolute atomic E-state index is 11.5. The lowest BCUT2D eigenvalue weighted by Gasteiger charge is -2.44. The number of fused-ring (bicyclic) bond motifs is 3. The van der Waals surface area contributed by atoms with E-state index in [4.69, 9.17) is 11.6 Å². The van der Waals surface area contributed by atoms with Crippen molar-refractivity contribution >= 4 is 11.6 Å². The van der Waals surface area contributed by atoms with Gasteiger partial charge in [0.25, 0.3) is 0 Å². The number of nitrogens with one attached hydrogen (secondary N) is 1. The van der Waals surface area contributed by atoms with Crippen LogP contribution in [0.2, 0.25) is 5.28 Å². The van der Waals surface area contributed by atoms with Crippen molar-refractivity contribution < 1.29 is 0 Å². The maximum Gasteiger partial charge on any atom is 0.344 e. The van der Waals surface area contributed by atoms with E-state index in [9.17, 15) is 4.79 Å². The molecule has 0 amide bonds. The van der Waals surface area contributed by atoms with Crippen molar-refractivity contribution in [2.45, 2.75) is 19.4 Å². The van der Waals surface area contributed by atoms with Gasteiger partial charge in [0.1, 0.15) is 0 Å². The molecule has 3 aliphatic heterocycles. The van der Waals surface area contributed by atoms with Gasteiger partial charge in [0.05, 0.1) is 6.54 Å². The fourth-order valence-corrected chi connectivity index (χ4v) is 3.14. The maximum atomic E-state index is 11.5. The van der Waals surface area contributed by atoms with E-state index in [1.165, 1.54) is 30.6 Å². The minimum absolute atomic E-state index is 0.186. The second-order valence-corrected chi connectivity index (χ2v) is 5.16. The Labute approximate surface area is 98.4 Å². The van der Waals surface area contributed by atoms with Gasteiger partial charge >= 0.3 is 5.69 Å². The van der Waals surface area contributed by atoms with Gasteiger partial charge < -0.3 is 4.90 Å². The van der Waals surface area contributed by atoms with Crippen molar-refractivity contribution in [3.05, 3.63) is 15.8 Å². The molecule has 16 heavy (non-hydrogen) atoms. The van der Waals surface area contributed by atoms with E-state index >= 15 is 0 Å². The quantitative estimate of drug-likeness (QED) is 0.825. The zero-order valence-electron chi connectivity index (χ0n) is 9.03. The molecule has 5 nitrogen and oxygen atoms in total. The number of piperidine rings is 3. The summed E-state index contributed by atoms with van der Waals surface area (Å²) in [5, 5.41) is 4.17. The summed E-state index contributed by atoms with van der Waals surface area (Å²) < 4.78 is 1.47. The second-order valence-electron chi connectivity index (χ2n) is 4.80. The molecule has 88 valence electrons. The highest BCUT2D eigenvalue weighted by molar-refractivity contribution is 6.28. The van der Waals surface area contributed by atoms with Gasteiger partial charge in [-0.3, -0.25) is 4.98 Å². The van der Waals surface area contributed by atoms with Crippen LogP contribution in [0.5, 0.6) is 0 Å². The Morgan fingerprint density at radius 1 is 1.44 bits per heavy atom. The Balaban J connectivity index is 1.75. The third-order valence-electron chi connectivity index (χ3n) is 3.85. The fraction of sp³-hybridized carbons (Fsp3) is 0.800. The number of hydrogen-bond acceptors (Lipinski definition) is 3. The molecule has 0 spiro atoms. The molecule has 1 aromatic heterocycles. The number of rotatable bonds is 2. The normalized spacial score (nSPS) is 33.2. The van der Waals surface area contributed by atoms with Crippen LogP contribution in [0.25, 0.3) is 0 Å². The minimum atomic E-state index is -0.193. The number of aromatic nitrogens is 3. The fourth-order valence-electron chi connectivity index (χ4n) is 2.97.